The molecule has 5 heteroatoms. The topological polar surface area (TPSA) is 60.2 Å². The van der Waals surface area contributed by atoms with Crippen LogP contribution in [0, 0.1) is 0 Å². The van der Waals surface area contributed by atoms with E-state index in [2.05, 4.69) is 46.6 Å². The van der Waals surface area contributed by atoms with E-state index in [-0.39, 0.29) is 0 Å². The van der Waals surface area contributed by atoms with Crippen molar-refractivity contribution in [2.45, 2.75) is 77.5 Å². The number of aryl methyl sites for hydroxylation is 1. The minimum absolute atomic E-state index is 0.435. The maximum Gasteiger partial charge on any atom is 0.245 e. The molecule has 5 nitrogen and oxygen atoms in total. The highest BCUT2D eigenvalue weighted by Gasteiger charge is 2.13. The highest BCUT2D eigenvalue weighted by Crippen LogP contribution is 2.22. The zero-order valence-electron chi connectivity index (χ0n) is 15.2. The van der Waals surface area contributed by atoms with Gasteiger partial charge >= 0.3 is 0 Å². The lowest BCUT2D eigenvalue weighted by Crippen LogP contribution is -2.16. The molecule has 1 aliphatic rings. The monoisotopic (exact) mass is 343 g/mol. The molecule has 2 aromatic rings. The Hall–Kier alpha value is -1.88. The number of hydrogen-bond acceptors (Lipinski definition) is 5. The quantitative estimate of drug-likeness (QED) is 0.703. The number of hydrogen-bond donors (Lipinski definition) is 1. The van der Waals surface area contributed by atoms with Crippen LogP contribution in [0.1, 0.15) is 69.1 Å². The van der Waals surface area contributed by atoms with Gasteiger partial charge in [0.25, 0.3) is 0 Å². The van der Waals surface area contributed by atoms with Gasteiger partial charge in [-0.25, -0.2) is 0 Å². The summed E-state index contributed by atoms with van der Waals surface area (Å²) in [6.45, 7) is 3.39. The van der Waals surface area contributed by atoms with E-state index in [1.165, 1.54) is 37.7 Å². The molecule has 0 bridgehead atoms. The van der Waals surface area contributed by atoms with Crippen LogP contribution >= 0.6 is 0 Å². The second kappa shape index (κ2) is 9.56. The van der Waals surface area contributed by atoms with Crippen LogP contribution in [0.5, 0.6) is 0 Å². The van der Waals surface area contributed by atoms with E-state index in [1.807, 2.05) is 0 Å². The van der Waals surface area contributed by atoms with Gasteiger partial charge in [-0.15, -0.1) is 0 Å². The Balaban J connectivity index is 1.46. The van der Waals surface area contributed by atoms with Crippen LogP contribution in [0.3, 0.4) is 0 Å². The van der Waals surface area contributed by atoms with Gasteiger partial charge in [0.2, 0.25) is 5.89 Å². The maximum atomic E-state index is 6.06. The van der Waals surface area contributed by atoms with Gasteiger partial charge in [0.15, 0.2) is 5.82 Å². The molecule has 0 saturated heterocycles. The molecule has 1 fully saturated rings. The van der Waals surface area contributed by atoms with Gasteiger partial charge in [-0.1, -0.05) is 49.9 Å². The normalized spacial score (nSPS) is 15.4. The zero-order chi connectivity index (χ0) is 17.3. The van der Waals surface area contributed by atoms with Crippen LogP contribution in [-0.4, -0.2) is 16.2 Å². The molecule has 0 amide bonds. The van der Waals surface area contributed by atoms with Crippen molar-refractivity contribution >= 4 is 5.69 Å². The molecule has 0 atom stereocenters. The lowest BCUT2D eigenvalue weighted by atomic mass is 9.98. The van der Waals surface area contributed by atoms with Crippen LogP contribution in [0.2, 0.25) is 0 Å². The number of anilines is 1. The first-order valence-corrected chi connectivity index (χ1v) is 9.59. The van der Waals surface area contributed by atoms with Crippen molar-refractivity contribution in [1.29, 1.82) is 0 Å². The Morgan fingerprint density at radius 1 is 1.24 bits per heavy atom. The van der Waals surface area contributed by atoms with Crippen molar-refractivity contribution < 1.29 is 9.26 Å². The smallest absolute Gasteiger partial charge is 0.245 e. The largest absolute Gasteiger partial charge is 0.376 e. The van der Waals surface area contributed by atoms with Gasteiger partial charge in [-0.3, -0.25) is 0 Å². The summed E-state index contributed by atoms with van der Waals surface area (Å²) in [5.74, 6) is 1.43. The minimum Gasteiger partial charge on any atom is -0.376 e. The summed E-state index contributed by atoms with van der Waals surface area (Å²) >= 11 is 0. The first-order valence-electron chi connectivity index (χ1n) is 9.59. The maximum absolute atomic E-state index is 6.06. The molecule has 1 N–H and O–H groups in total. The van der Waals surface area contributed by atoms with Crippen molar-refractivity contribution in [2.75, 3.05) is 5.32 Å². The predicted octanol–water partition coefficient (Wildman–Crippen LogP) is 4.87. The number of unbranched alkanes of at least 4 members (excludes halogenated alkanes) is 1. The van der Waals surface area contributed by atoms with Gasteiger partial charge in [-0.2, -0.15) is 4.98 Å². The lowest BCUT2D eigenvalue weighted by molar-refractivity contribution is 0.0169. The molecular formula is C20H29N3O2. The average Bonchev–Trinajstić information content (AvgIpc) is 3.12. The highest BCUT2D eigenvalue weighted by molar-refractivity contribution is 5.45. The third-order valence-electron chi connectivity index (χ3n) is 4.67. The average molecular weight is 343 g/mol. The molecular weight excluding hydrogens is 314 g/mol. The van der Waals surface area contributed by atoms with Crippen molar-refractivity contribution in [3.8, 4) is 0 Å². The molecule has 1 saturated carbocycles. The summed E-state index contributed by atoms with van der Waals surface area (Å²) < 4.78 is 11.4. The lowest BCUT2D eigenvalue weighted by Gasteiger charge is -2.22. The molecule has 136 valence electrons. The summed E-state index contributed by atoms with van der Waals surface area (Å²) in [5.41, 5.74) is 2.25. The van der Waals surface area contributed by atoms with Gasteiger partial charge in [-0.05, 0) is 37.0 Å². The number of aromatic nitrogens is 2. The van der Waals surface area contributed by atoms with Crippen LogP contribution < -0.4 is 5.32 Å². The molecule has 1 heterocycles. The van der Waals surface area contributed by atoms with E-state index in [0.29, 0.717) is 25.1 Å². The summed E-state index contributed by atoms with van der Waals surface area (Å²) in [4.78, 5) is 4.42. The standard InChI is InChI=1S/C20H29N3O2/c1-2-3-12-19-22-20(25-23-19)14-21-17-9-7-8-16(13-17)15-24-18-10-5-4-6-11-18/h7-9,13,18,21H,2-6,10-12,14-15H2,1H3. The molecule has 0 radical (unpaired) electrons. The van der Waals surface area contributed by atoms with E-state index < -0.39 is 0 Å². The third kappa shape index (κ3) is 5.85. The molecule has 3 rings (SSSR count). The summed E-state index contributed by atoms with van der Waals surface area (Å²) in [7, 11) is 0. The fourth-order valence-corrected chi connectivity index (χ4v) is 3.19. The molecule has 0 unspecified atom stereocenters. The summed E-state index contributed by atoms with van der Waals surface area (Å²) in [6, 6.07) is 8.36. The zero-order valence-corrected chi connectivity index (χ0v) is 15.2. The van der Waals surface area contributed by atoms with Gasteiger partial charge in [0.05, 0.1) is 19.3 Å². The number of benzene rings is 1. The second-order valence-electron chi connectivity index (χ2n) is 6.83. The van der Waals surface area contributed by atoms with Crippen molar-refractivity contribution in [3.05, 3.63) is 41.5 Å². The fraction of sp³-hybridized carbons (Fsp3) is 0.600. The molecule has 0 aliphatic heterocycles. The van der Waals surface area contributed by atoms with Crippen LogP contribution in [0.15, 0.2) is 28.8 Å². The Morgan fingerprint density at radius 2 is 2.12 bits per heavy atom. The molecule has 1 aliphatic carbocycles. The Morgan fingerprint density at radius 3 is 2.96 bits per heavy atom. The molecule has 1 aromatic carbocycles. The number of ether oxygens (including phenoxy) is 1. The number of nitrogens with zero attached hydrogens (tertiary/aromatic N) is 2. The molecule has 0 spiro atoms. The molecule has 25 heavy (non-hydrogen) atoms. The van der Waals surface area contributed by atoms with E-state index in [9.17, 15) is 0 Å². The Kier molecular flexibility index (Phi) is 6.86. The van der Waals surface area contributed by atoms with Gasteiger partial charge < -0.3 is 14.6 Å². The van der Waals surface area contributed by atoms with E-state index in [4.69, 9.17) is 9.26 Å². The van der Waals surface area contributed by atoms with Gasteiger partial charge in [0, 0.05) is 12.1 Å². The second-order valence-corrected chi connectivity index (χ2v) is 6.83. The first-order chi connectivity index (χ1) is 12.3. The van der Waals surface area contributed by atoms with Gasteiger partial charge in [0.1, 0.15) is 0 Å². The van der Waals surface area contributed by atoms with E-state index >= 15 is 0 Å². The van der Waals surface area contributed by atoms with Crippen LogP contribution in [-0.2, 0) is 24.3 Å². The van der Waals surface area contributed by atoms with Crippen LogP contribution in [0.25, 0.3) is 0 Å². The van der Waals surface area contributed by atoms with Crippen molar-refractivity contribution in [3.63, 3.8) is 0 Å². The summed E-state index contributed by atoms with van der Waals surface area (Å²) in [6.07, 6.45) is 9.92. The van der Waals surface area contributed by atoms with Crippen molar-refractivity contribution in [2.24, 2.45) is 0 Å². The van der Waals surface area contributed by atoms with Crippen LogP contribution in [0.4, 0.5) is 5.69 Å². The van der Waals surface area contributed by atoms with E-state index in [1.54, 1.807) is 0 Å². The first kappa shape index (κ1) is 17.9. The SMILES string of the molecule is CCCCc1noc(CNc2cccc(COC3CCCCC3)c2)n1. The third-order valence-corrected chi connectivity index (χ3v) is 4.67. The molecule has 1 aromatic heterocycles. The highest BCUT2D eigenvalue weighted by atomic mass is 16.5. The Bertz CT molecular complexity index is 635. The summed E-state index contributed by atoms with van der Waals surface area (Å²) in [5, 5.41) is 7.38. The number of nitrogens with one attached hydrogen (secondary N) is 1. The minimum atomic E-state index is 0.435. The van der Waals surface area contributed by atoms with Crippen molar-refractivity contribution in [1.82, 2.24) is 10.1 Å². The number of rotatable bonds is 9. The Labute approximate surface area is 150 Å². The fourth-order valence-electron chi connectivity index (χ4n) is 3.19. The van der Waals surface area contributed by atoms with E-state index in [0.717, 1.165) is 30.8 Å². The predicted molar refractivity (Wildman–Crippen MR) is 98.3 cm³/mol.